The fourth-order valence-electron chi connectivity index (χ4n) is 1.19. The maximum Gasteiger partial charge on any atom is 0.0635 e. The van der Waals surface area contributed by atoms with Crippen LogP contribution in [0.4, 0.5) is 0 Å². The molecule has 0 N–H and O–H groups in total. The molecule has 0 spiro atoms. The van der Waals surface area contributed by atoms with E-state index < -0.39 is 0 Å². The average molecular weight is 184 g/mol. The fourth-order valence-corrected chi connectivity index (χ4v) is 1.73. The second-order valence-electron chi connectivity index (χ2n) is 3.45. The molecule has 0 radical (unpaired) electrons. The Labute approximate surface area is 78.9 Å². The van der Waals surface area contributed by atoms with Crippen LogP contribution in [0.1, 0.15) is 20.3 Å². The molecule has 0 aliphatic carbocycles. The predicted molar refractivity (Wildman–Crippen MR) is 53.2 cm³/mol. The number of hydrogen-bond acceptors (Lipinski definition) is 3. The van der Waals surface area contributed by atoms with E-state index in [0.29, 0.717) is 12.5 Å². The third-order valence-electron chi connectivity index (χ3n) is 2.08. The predicted octanol–water partition coefficient (Wildman–Crippen LogP) is 1.73. The van der Waals surface area contributed by atoms with Crippen LogP contribution in [0.15, 0.2) is 0 Å². The van der Waals surface area contributed by atoms with Crippen molar-refractivity contribution in [3.63, 3.8) is 0 Å². The number of hydrogen-bond donors (Lipinski definition) is 0. The highest BCUT2D eigenvalue weighted by molar-refractivity contribution is 8.06. The Kier molecular flexibility index (Phi) is 3.90. The summed E-state index contributed by atoms with van der Waals surface area (Å²) in [5, 5.41) is 9.32. The van der Waals surface area contributed by atoms with E-state index in [-0.39, 0.29) is 0 Å². The van der Waals surface area contributed by atoms with E-state index in [9.17, 15) is 0 Å². The molecule has 0 aromatic rings. The molecule has 0 amide bonds. The fraction of sp³-hybridized carbons (Fsp3) is 0.889. The molecule has 2 nitrogen and oxygen atoms in total. The molecule has 1 saturated heterocycles. The number of rotatable bonds is 5. The van der Waals surface area contributed by atoms with E-state index in [2.05, 4.69) is 24.8 Å². The molecular weight excluding hydrogens is 168 g/mol. The highest BCUT2D eigenvalue weighted by Crippen LogP contribution is 2.31. The molecular formula is C9H16N2S. The summed E-state index contributed by atoms with van der Waals surface area (Å²) in [5.74, 6) is 1.32. The zero-order chi connectivity index (χ0) is 8.97. The van der Waals surface area contributed by atoms with Crippen LogP contribution in [0.5, 0.6) is 0 Å². The van der Waals surface area contributed by atoms with Gasteiger partial charge in [-0.3, -0.25) is 4.90 Å². The molecule has 12 heavy (non-hydrogen) atoms. The number of nitriles is 1. The molecule has 1 aliphatic rings. The minimum absolute atomic E-state index is 0.583. The van der Waals surface area contributed by atoms with Gasteiger partial charge in [0.25, 0.3) is 0 Å². The molecule has 0 aromatic carbocycles. The highest BCUT2D eigenvalue weighted by atomic mass is 32.2. The van der Waals surface area contributed by atoms with Gasteiger partial charge in [0.1, 0.15) is 0 Å². The van der Waals surface area contributed by atoms with Gasteiger partial charge in [-0.2, -0.15) is 17.0 Å². The molecule has 1 aliphatic heterocycles. The molecule has 1 atom stereocenters. The van der Waals surface area contributed by atoms with Gasteiger partial charge in [-0.15, -0.1) is 0 Å². The summed E-state index contributed by atoms with van der Waals surface area (Å²) in [6, 6.07) is 2.78. The van der Waals surface area contributed by atoms with Crippen molar-refractivity contribution in [3.8, 4) is 6.07 Å². The minimum Gasteiger partial charge on any atom is -0.299 e. The molecule has 1 heterocycles. The topological polar surface area (TPSA) is 27.0 Å². The van der Waals surface area contributed by atoms with Crippen molar-refractivity contribution >= 4 is 11.8 Å². The van der Waals surface area contributed by atoms with Gasteiger partial charge in [0, 0.05) is 36.6 Å². The Hall–Kier alpha value is -0.200. The number of thioether (sulfide) groups is 1. The number of nitrogens with zero attached hydrogens (tertiary/aromatic N) is 2. The quantitative estimate of drug-likeness (QED) is 0.609. The van der Waals surface area contributed by atoms with Gasteiger partial charge in [0.2, 0.25) is 0 Å². The molecule has 1 fully saturated rings. The van der Waals surface area contributed by atoms with Crippen molar-refractivity contribution in [1.82, 2.24) is 4.90 Å². The normalized spacial score (nSPS) is 21.4. The first-order valence-electron chi connectivity index (χ1n) is 4.46. The van der Waals surface area contributed by atoms with Crippen LogP contribution in [0.25, 0.3) is 0 Å². The lowest BCUT2D eigenvalue weighted by Crippen LogP contribution is -2.34. The zero-order valence-corrected chi connectivity index (χ0v) is 8.60. The molecule has 0 saturated carbocycles. The molecule has 1 rings (SSSR count). The standard InChI is InChI=1S/C9H16N2S/c1-8(2)11(5-3-4-10)6-9-7-12-9/h8-9H,3,5-7H2,1-2H3. The first kappa shape index (κ1) is 9.88. The van der Waals surface area contributed by atoms with Gasteiger partial charge in [0.05, 0.1) is 6.07 Å². The minimum atomic E-state index is 0.583. The Morgan fingerprint density at radius 1 is 1.67 bits per heavy atom. The smallest absolute Gasteiger partial charge is 0.0635 e. The largest absolute Gasteiger partial charge is 0.299 e. The first-order chi connectivity index (χ1) is 5.74. The van der Waals surface area contributed by atoms with Crippen molar-refractivity contribution in [1.29, 1.82) is 5.26 Å². The summed E-state index contributed by atoms with van der Waals surface area (Å²) in [7, 11) is 0. The van der Waals surface area contributed by atoms with Gasteiger partial charge >= 0.3 is 0 Å². The molecule has 0 bridgehead atoms. The van der Waals surface area contributed by atoms with Crippen LogP contribution in [0.3, 0.4) is 0 Å². The maximum absolute atomic E-state index is 8.46. The Balaban J connectivity index is 2.22. The Morgan fingerprint density at radius 3 is 2.75 bits per heavy atom. The van der Waals surface area contributed by atoms with E-state index in [4.69, 9.17) is 5.26 Å². The Morgan fingerprint density at radius 2 is 2.33 bits per heavy atom. The average Bonchev–Trinajstić information content (AvgIpc) is 2.80. The van der Waals surface area contributed by atoms with E-state index in [1.54, 1.807) is 0 Å². The molecule has 3 heteroatoms. The molecule has 68 valence electrons. The van der Waals surface area contributed by atoms with Crippen LogP contribution in [0, 0.1) is 11.3 Å². The lowest BCUT2D eigenvalue weighted by Gasteiger charge is -2.24. The van der Waals surface area contributed by atoms with E-state index in [0.717, 1.165) is 11.8 Å². The van der Waals surface area contributed by atoms with Crippen LogP contribution in [-0.4, -0.2) is 35.0 Å². The summed E-state index contributed by atoms with van der Waals surface area (Å²) < 4.78 is 0. The van der Waals surface area contributed by atoms with Gasteiger partial charge < -0.3 is 0 Å². The van der Waals surface area contributed by atoms with E-state index in [1.807, 2.05) is 11.8 Å². The van der Waals surface area contributed by atoms with Crippen LogP contribution in [-0.2, 0) is 0 Å². The first-order valence-corrected chi connectivity index (χ1v) is 5.51. The van der Waals surface area contributed by atoms with Gasteiger partial charge in [-0.25, -0.2) is 0 Å². The molecule has 0 aromatic heterocycles. The summed E-state index contributed by atoms with van der Waals surface area (Å²) in [5.41, 5.74) is 0. The second-order valence-corrected chi connectivity index (χ2v) is 4.79. The van der Waals surface area contributed by atoms with Gasteiger partial charge in [-0.05, 0) is 13.8 Å². The van der Waals surface area contributed by atoms with Gasteiger partial charge in [0.15, 0.2) is 0 Å². The van der Waals surface area contributed by atoms with E-state index in [1.165, 1.54) is 12.3 Å². The zero-order valence-electron chi connectivity index (χ0n) is 7.79. The summed E-state index contributed by atoms with van der Waals surface area (Å²) in [6.07, 6.45) is 0.662. The summed E-state index contributed by atoms with van der Waals surface area (Å²) in [4.78, 5) is 2.40. The summed E-state index contributed by atoms with van der Waals surface area (Å²) in [6.45, 7) is 6.50. The van der Waals surface area contributed by atoms with Crippen LogP contribution < -0.4 is 0 Å². The van der Waals surface area contributed by atoms with Crippen molar-refractivity contribution in [2.45, 2.75) is 31.6 Å². The Bertz CT molecular complexity index is 170. The lowest BCUT2D eigenvalue weighted by molar-refractivity contribution is 0.234. The highest BCUT2D eigenvalue weighted by Gasteiger charge is 2.25. The SMILES string of the molecule is CC(C)N(CCC#N)CC1CS1. The van der Waals surface area contributed by atoms with Crippen molar-refractivity contribution in [3.05, 3.63) is 0 Å². The third kappa shape index (κ3) is 3.46. The third-order valence-corrected chi connectivity index (χ3v) is 3.04. The lowest BCUT2D eigenvalue weighted by atomic mass is 10.2. The van der Waals surface area contributed by atoms with Crippen molar-refractivity contribution in [2.24, 2.45) is 0 Å². The van der Waals surface area contributed by atoms with Crippen LogP contribution in [0.2, 0.25) is 0 Å². The van der Waals surface area contributed by atoms with Crippen molar-refractivity contribution in [2.75, 3.05) is 18.8 Å². The molecule has 1 unspecified atom stereocenters. The summed E-state index contributed by atoms with van der Waals surface area (Å²) >= 11 is 2.02. The second kappa shape index (κ2) is 4.74. The van der Waals surface area contributed by atoms with Crippen molar-refractivity contribution < 1.29 is 0 Å². The monoisotopic (exact) mass is 184 g/mol. The van der Waals surface area contributed by atoms with Gasteiger partial charge in [-0.1, -0.05) is 0 Å². The maximum atomic E-state index is 8.46. The van der Waals surface area contributed by atoms with E-state index >= 15 is 0 Å². The van der Waals surface area contributed by atoms with Crippen LogP contribution >= 0.6 is 11.8 Å².